The molecular weight excluding hydrogens is 258 g/mol. The third-order valence-electron chi connectivity index (χ3n) is 3.80. The van der Waals surface area contributed by atoms with Crippen molar-refractivity contribution in [1.82, 2.24) is 4.90 Å². The van der Waals surface area contributed by atoms with Gasteiger partial charge in [0.15, 0.2) is 11.5 Å². The molecule has 0 radical (unpaired) electrons. The number of hydrogen-bond donors (Lipinski definition) is 1. The van der Waals surface area contributed by atoms with Gasteiger partial charge in [0.05, 0.1) is 14.2 Å². The van der Waals surface area contributed by atoms with E-state index in [1.54, 1.807) is 0 Å². The molecule has 0 spiro atoms. The van der Waals surface area contributed by atoms with E-state index in [1.807, 2.05) is 13.1 Å². The summed E-state index contributed by atoms with van der Waals surface area (Å²) in [5, 5.41) is 11.7. The minimum Gasteiger partial charge on any atom is -0.454 e. The first-order valence-electron chi connectivity index (χ1n) is 6.70. The first-order chi connectivity index (χ1) is 8.88. The Morgan fingerprint density at radius 3 is 2.74 bits per heavy atom. The van der Waals surface area contributed by atoms with E-state index < -0.39 is 14.2 Å². The highest BCUT2D eigenvalue weighted by Gasteiger charge is 2.36. The van der Waals surface area contributed by atoms with Crippen molar-refractivity contribution in [2.75, 3.05) is 20.4 Å². The lowest BCUT2D eigenvalue weighted by atomic mass is 9.96. The second-order valence-corrected chi connectivity index (χ2v) is 11.5. The van der Waals surface area contributed by atoms with E-state index in [1.165, 1.54) is 10.8 Å². The minimum atomic E-state index is -1.62. The van der Waals surface area contributed by atoms with Gasteiger partial charge in [-0.05, 0) is 29.4 Å². The zero-order valence-electron chi connectivity index (χ0n) is 12.0. The Balaban J connectivity index is 2.27. The number of fused-ring (bicyclic) bond motifs is 2. The van der Waals surface area contributed by atoms with Crippen LogP contribution in [0.1, 0.15) is 17.2 Å². The van der Waals surface area contributed by atoms with Gasteiger partial charge in [0.2, 0.25) is 6.79 Å². The predicted molar refractivity (Wildman–Crippen MR) is 76.8 cm³/mol. The van der Waals surface area contributed by atoms with Crippen LogP contribution < -0.4 is 14.7 Å². The summed E-state index contributed by atoms with van der Waals surface area (Å²) in [6, 6.07) is 2.04. The van der Waals surface area contributed by atoms with E-state index >= 15 is 0 Å². The highest BCUT2D eigenvalue weighted by molar-refractivity contribution is 6.89. The highest BCUT2D eigenvalue weighted by Crippen LogP contribution is 2.39. The Hall–Kier alpha value is -1.04. The van der Waals surface area contributed by atoms with Gasteiger partial charge < -0.3 is 14.6 Å². The Labute approximate surface area is 115 Å². The lowest BCUT2D eigenvalue weighted by Crippen LogP contribution is -2.45. The molecule has 5 heteroatoms. The van der Waals surface area contributed by atoms with Gasteiger partial charge in [-0.3, -0.25) is 4.90 Å². The van der Waals surface area contributed by atoms with Gasteiger partial charge in [-0.25, -0.2) is 0 Å². The van der Waals surface area contributed by atoms with Crippen molar-refractivity contribution in [2.24, 2.45) is 0 Å². The van der Waals surface area contributed by atoms with Crippen molar-refractivity contribution in [3.05, 3.63) is 17.2 Å². The lowest BCUT2D eigenvalue weighted by molar-refractivity contribution is 0.108. The fraction of sp³-hybridized carbons (Fsp3) is 0.571. The molecule has 19 heavy (non-hydrogen) atoms. The summed E-state index contributed by atoms with van der Waals surface area (Å²) in [7, 11) is 0.416. The normalized spacial score (nSPS) is 22.5. The van der Waals surface area contributed by atoms with E-state index in [4.69, 9.17) is 9.47 Å². The smallest absolute Gasteiger partial charge is 0.231 e. The minimum absolute atomic E-state index is 0.293. The molecule has 0 bridgehead atoms. The number of hydrogen-bond acceptors (Lipinski definition) is 4. The van der Waals surface area contributed by atoms with Crippen molar-refractivity contribution < 1.29 is 14.6 Å². The SMILES string of the molecule is CN1Cc2cc3c(c([Si](C)(C)C)c2[C@@H](O)C1)OCO3. The Bertz CT molecular complexity index is 524. The second-order valence-electron chi connectivity index (χ2n) is 6.52. The second kappa shape index (κ2) is 4.23. The molecule has 0 amide bonds. The van der Waals surface area contributed by atoms with Crippen LogP contribution in [0.25, 0.3) is 0 Å². The monoisotopic (exact) mass is 279 g/mol. The van der Waals surface area contributed by atoms with Crippen molar-refractivity contribution >= 4 is 13.3 Å². The fourth-order valence-electron chi connectivity index (χ4n) is 3.11. The zero-order chi connectivity index (χ0) is 13.8. The average Bonchev–Trinajstić information content (AvgIpc) is 2.71. The molecule has 0 aromatic heterocycles. The van der Waals surface area contributed by atoms with Crippen molar-refractivity contribution in [3.63, 3.8) is 0 Å². The van der Waals surface area contributed by atoms with E-state index in [0.717, 1.165) is 23.6 Å². The molecule has 2 aliphatic rings. The molecule has 0 saturated heterocycles. The van der Waals surface area contributed by atoms with Crippen LogP contribution in [0.15, 0.2) is 6.07 Å². The summed E-state index contributed by atoms with van der Waals surface area (Å²) in [5.41, 5.74) is 2.28. The molecule has 3 rings (SSSR count). The first kappa shape index (κ1) is 13.0. The van der Waals surface area contributed by atoms with Gasteiger partial charge in [-0.2, -0.15) is 0 Å². The van der Waals surface area contributed by atoms with E-state index in [0.29, 0.717) is 13.3 Å². The highest BCUT2D eigenvalue weighted by atomic mass is 28.3. The molecule has 1 aromatic rings. The van der Waals surface area contributed by atoms with Crippen LogP contribution in [0, 0.1) is 0 Å². The number of likely N-dealkylation sites (N-methyl/N-ethyl adjacent to an activating group) is 1. The van der Waals surface area contributed by atoms with Crippen LogP contribution in [0.5, 0.6) is 11.5 Å². The number of β-amino-alcohol motifs (C(OH)–C–C–N with tert-alkyl or cyclic N) is 1. The summed E-state index contributed by atoms with van der Waals surface area (Å²) >= 11 is 0. The fourth-order valence-corrected chi connectivity index (χ4v) is 5.12. The molecule has 2 aliphatic heterocycles. The molecule has 0 fully saturated rings. The number of benzene rings is 1. The summed E-state index contributed by atoms with van der Waals surface area (Å²) in [6.45, 7) is 8.70. The summed E-state index contributed by atoms with van der Waals surface area (Å²) in [6.07, 6.45) is -0.426. The van der Waals surface area contributed by atoms with Crippen LogP contribution in [-0.2, 0) is 6.54 Å². The topological polar surface area (TPSA) is 41.9 Å². The lowest BCUT2D eigenvalue weighted by Gasteiger charge is -2.34. The summed E-state index contributed by atoms with van der Waals surface area (Å²) < 4.78 is 11.3. The van der Waals surface area contributed by atoms with Crippen LogP contribution in [0.4, 0.5) is 0 Å². The van der Waals surface area contributed by atoms with E-state index in [2.05, 4.69) is 24.5 Å². The molecule has 1 aromatic carbocycles. The summed E-state index contributed by atoms with van der Waals surface area (Å²) in [5.74, 6) is 1.72. The molecule has 2 heterocycles. The van der Waals surface area contributed by atoms with Gasteiger partial charge in [0.1, 0.15) is 0 Å². The van der Waals surface area contributed by atoms with E-state index in [-0.39, 0.29) is 0 Å². The maximum absolute atomic E-state index is 10.5. The van der Waals surface area contributed by atoms with Crippen LogP contribution in [0.2, 0.25) is 19.6 Å². The number of aliphatic hydroxyl groups is 1. The predicted octanol–water partition coefficient (Wildman–Crippen LogP) is 1.44. The molecule has 0 saturated carbocycles. The van der Waals surface area contributed by atoms with Crippen molar-refractivity contribution in [2.45, 2.75) is 32.3 Å². The molecule has 4 nitrogen and oxygen atoms in total. The first-order valence-corrected chi connectivity index (χ1v) is 10.2. The standard InChI is InChI=1S/C14H21NO3Si/c1-15-6-9-5-11-13(18-8-17-11)14(19(2,3)4)12(9)10(16)7-15/h5,10,16H,6-8H2,1-4H3/t10-/m0/s1. The molecule has 104 valence electrons. The van der Waals surface area contributed by atoms with Gasteiger partial charge >= 0.3 is 0 Å². The summed E-state index contributed by atoms with van der Waals surface area (Å²) in [4.78, 5) is 2.14. The van der Waals surface area contributed by atoms with Crippen molar-refractivity contribution in [1.29, 1.82) is 0 Å². The van der Waals surface area contributed by atoms with Gasteiger partial charge in [0.25, 0.3) is 0 Å². The quantitative estimate of drug-likeness (QED) is 0.790. The van der Waals surface area contributed by atoms with E-state index in [9.17, 15) is 5.11 Å². The van der Waals surface area contributed by atoms with Gasteiger partial charge in [-0.1, -0.05) is 19.6 Å². The number of rotatable bonds is 1. The van der Waals surface area contributed by atoms with Gasteiger partial charge in [-0.15, -0.1) is 0 Å². The maximum Gasteiger partial charge on any atom is 0.231 e. The molecule has 1 N–H and O–H groups in total. The van der Waals surface area contributed by atoms with Crippen LogP contribution >= 0.6 is 0 Å². The zero-order valence-corrected chi connectivity index (χ0v) is 13.0. The maximum atomic E-state index is 10.5. The largest absolute Gasteiger partial charge is 0.454 e. The number of nitrogens with zero attached hydrogens (tertiary/aromatic N) is 1. The molecular formula is C14H21NO3Si. The molecule has 1 atom stereocenters. The van der Waals surface area contributed by atoms with Gasteiger partial charge in [0, 0.05) is 13.1 Å². The Morgan fingerprint density at radius 1 is 1.32 bits per heavy atom. The third-order valence-corrected chi connectivity index (χ3v) is 5.79. The average molecular weight is 279 g/mol. The van der Waals surface area contributed by atoms with Crippen molar-refractivity contribution in [3.8, 4) is 11.5 Å². The number of ether oxygens (including phenoxy) is 2. The number of aliphatic hydroxyl groups excluding tert-OH is 1. The van der Waals surface area contributed by atoms with Crippen LogP contribution in [-0.4, -0.2) is 38.5 Å². The van der Waals surface area contributed by atoms with Crippen LogP contribution in [0.3, 0.4) is 0 Å². The Kier molecular flexibility index (Phi) is 2.88. The Morgan fingerprint density at radius 2 is 2.05 bits per heavy atom. The third kappa shape index (κ3) is 2.06. The molecule has 0 aliphatic carbocycles. The molecule has 0 unspecified atom stereocenters.